The van der Waals surface area contributed by atoms with Crippen LogP contribution in [0.3, 0.4) is 0 Å². The van der Waals surface area contributed by atoms with E-state index in [1.807, 2.05) is 48.5 Å². The molecule has 43 heavy (non-hydrogen) atoms. The third-order valence-electron chi connectivity index (χ3n) is 7.08. The fourth-order valence-electron chi connectivity index (χ4n) is 4.86. The van der Waals surface area contributed by atoms with Gasteiger partial charge in [-0.15, -0.1) is 0 Å². The highest BCUT2D eigenvalue weighted by Gasteiger charge is 2.31. The Bertz CT molecular complexity index is 1690. The van der Waals surface area contributed by atoms with Crippen molar-refractivity contribution >= 4 is 5.97 Å². The van der Waals surface area contributed by atoms with Crippen LogP contribution in [0.5, 0.6) is 0 Å². The van der Waals surface area contributed by atoms with Crippen LogP contribution in [0.2, 0.25) is 0 Å². The normalized spacial score (nSPS) is 12.3. The SMILES string of the molecule is CCOC(=O)CCc1ccc(-c2ccc(-c3onc(C)c3C(O)c3n[nH]nc3Cc3cccc(C(F)(F)F)c3)cc2)cc1. The minimum absolute atomic E-state index is 0.0305. The molecule has 0 saturated heterocycles. The third kappa shape index (κ3) is 6.83. The fourth-order valence-corrected chi connectivity index (χ4v) is 4.86. The van der Waals surface area contributed by atoms with Crippen molar-refractivity contribution in [2.45, 2.75) is 45.4 Å². The number of aryl methyl sites for hydroxylation is 2. The number of benzene rings is 3. The zero-order chi connectivity index (χ0) is 30.6. The van der Waals surface area contributed by atoms with E-state index in [2.05, 4.69) is 20.6 Å². The molecule has 0 saturated carbocycles. The molecule has 222 valence electrons. The molecule has 2 aromatic heterocycles. The highest BCUT2D eigenvalue weighted by Crippen LogP contribution is 2.36. The average Bonchev–Trinajstić information content (AvgIpc) is 3.62. The summed E-state index contributed by atoms with van der Waals surface area (Å²) in [6.45, 7) is 3.84. The number of ether oxygens (including phenoxy) is 1. The van der Waals surface area contributed by atoms with Gasteiger partial charge in [0.1, 0.15) is 11.8 Å². The van der Waals surface area contributed by atoms with Crippen LogP contribution >= 0.6 is 0 Å². The molecular formula is C32H29F3N4O4. The number of H-pyrrole nitrogens is 1. The van der Waals surface area contributed by atoms with Crippen LogP contribution in [0.15, 0.2) is 77.3 Å². The number of aromatic amines is 1. The van der Waals surface area contributed by atoms with Crippen LogP contribution in [0.25, 0.3) is 22.5 Å². The van der Waals surface area contributed by atoms with Gasteiger partial charge in [-0.2, -0.15) is 28.6 Å². The lowest BCUT2D eigenvalue weighted by Gasteiger charge is -2.12. The summed E-state index contributed by atoms with van der Waals surface area (Å²) in [5.74, 6) is 0.128. The van der Waals surface area contributed by atoms with Gasteiger partial charge in [0.15, 0.2) is 5.76 Å². The first-order valence-corrected chi connectivity index (χ1v) is 13.7. The van der Waals surface area contributed by atoms with Crippen molar-refractivity contribution < 1.29 is 32.3 Å². The summed E-state index contributed by atoms with van der Waals surface area (Å²) < 4.78 is 50.2. The van der Waals surface area contributed by atoms with E-state index in [-0.39, 0.29) is 18.1 Å². The summed E-state index contributed by atoms with van der Waals surface area (Å²) in [6, 6.07) is 20.4. The van der Waals surface area contributed by atoms with Crippen LogP contribution in [-0.4, -0.2) is 38.3 Å². The van der Waals surface area contributed by atoms with E-state index in [1.165, 1.54) is 6.07 Å². The quantitative estimate of drug-likeness (QED) is 0.176. The van der Waals surface area contributed by atoms with Gasteiger partial charge in [-0.3, -0.25) is 4.79 Å². The molecule has 5 aromatic rings. The Kier molecular flexibility index (Phi) is 8.72. The number of aliphatic hydroxyl groups excluding tert-OH is 1. The predicted octanol–water partition coefficient (Wildman–Crippen LogP) is 6.62. The number of halogens is 3. The van der Waals surface area contributed by atoms with Gasteiger partial charge in [-0.1, -0.05) is 71.9 Å². The number of rotatable bonds is 10. The maximum absolute atomic E-state index is 13.2. The standard InChI is InChI=1S/C32H29F3N4O4/c1-3-42-27(40)16-9-20-7-10-22(11-8-20)23-12-14-24(15-13-23)31-28(19(2)38-43-31)30(41)29-26(36-39-37-29)18-21-5-4-6-25(17-21)32(33,34)35/h4-8,10-15,17,30,41H,3,9,16,18H2,1-2H3,(H,36,37,39). The molecule has 2 heterocycles. The van der Waals surface area contributed by atoms with Crippen LogP contribution < -0.4 is 0 Å². The summed E-state index contributed by atoms with van der Waals surface area (Å²) in [4.78, 5) is 11.6. The smallest absolute Gasteiger partial charge is 0.416 e. The number of alkyl halides is 3. The summed E-state index contributed by atoms with van der Waals surface area (Å²) in [5, 5.41) is 26.1. The van der Waals surface area contributed by atoms with E-state index in [1.54, 1.807) is 19.9 Å². The maximum Gasteiger partial charge on any atom is 0.416 e. The van der Waals surface area contributed by atoms with Crippen molar-refractivity contribution in [1.29, 1.82) is 0 Å². The van der Waals surface area contributed by atoms with Gasteiger partial charge in [0.25, 0.3) is 0 Å². The van der Waals surface area contributed by atoms with Gasteiger partial charge < -0.3 is 14.4 Å². The summed E-state index contributed by atoms with van der Waals surface area (Å²) in [6.07, 6.45) is -4.80. The minimum Gasteiger partial charge on any atom is -0.466 e. The molecule has 0 radical (unpaired) electrons. The van der Waals surface area contributed by atoms with E-state index in [9.17, 15) is 23.1 Å². The van der Waals surface area contributed by atoms with E-state index < -0.39 is 17.8 Å². The summed E-state index contributed by atoms with van der Waals surface area (Å²) in [7, 11) is 0. The first kappa shape index (κ1) is 29.7. The number of hydrogen-bond donors (Lipinski definition) is 2. The van der Waals surface area contributed by atoms with Crippen molar-refractivity contribution in [1.82, 2.24) is 20.6 Å². The average molecular weight is 591 g/mol. The van der Waals surface area contributed by atoms with Crippen LogP contribution in [-0.2, 0) is 28.5 Å². The van der Waals surface area contributed by atoms with Crippen LogP contribution in [0.4, 0.5) is 13.2 Å². The molecule has 0 fully saturated rings. The summed E-state index contributed by atoms with van der Waals surface area (Å²) >= 11 is 0. The number of nitrogens with zero attached hydrogens (tertiary/aromatic N) is 3. The van der Waals surface area contributed by atoms with Gasteiger partial charge >= 0.3 is 12.1 Å². The number of esters is 1. The van der Waals surface area contributed by atoms with Crippen molar-refractivity contribution in [3.63, 3.8) is 0 Å². The fraction of sp³-hybridized carbons (Fsp3) is 0.250. The third-order valence-corrected chi connectivity index (χ3v) is 7.08. The highest BCUT2D eigenvalue weighted by atomic mass is 19.4. The molecule has 0 bridgehead atoms. The van der Waals surface area contributed by atoms with Gasteiger partial charge in [0.05, 0.1) is 29.1 Å². The Morgan fingerprint density at radius 2 is 1.65 bits per heavy atom. The monoisotopic (exact) mass is 590 g/mol. The molecule has 1 atom stereocenters. The molecule has 3 aromatic carbocycles. The zero-order valence-corrected chi connectivity index (χ0v) is 23.5. The molecule has 0 aliphatic rings. The topological polar surface area (TPSA) is 114 Å². The lowest BCUT2D eigenvalue weighted by molar-refractivity contribution is -0.143. The second kappa shape index (κ2) is 12.6. The molecular weight excluding hydrogens is 561 g/mol. The first-order chi connectivity index (χ1) is 20.6. The van der Waals surface area contributed by atoms with E-state index >= 15 is 0 Å². The zero-order valence-electron chi connectivity index (χ0n) is 23.5. The number of carbonyl (C=O) groups excluding carboxylic acids is 1. The second-order valence-electron chi connectivity index (χ2n) is 10.0. The minimum atomic E-state index is -4.47. The van der Waals surface area contributed by atoms with E-state index in [4.69, 9.17) is 9.26 Å². The molecule has 0 amide bonds. The molecule has 5 rings (SSSR count). The first-order valence-electron chi connectivity index (χ1n) is 13.7. The van der Waals surface area contributed by atoms with Crippen molar-refractivity contribution in [2.24, 2.45) is 0 Å². The van der Waals surface area contributed by atoms with Gasteiger partial charge in [-0.05, 0) is 48.6 Å². The van der Waals surface area contributed by atoms with Gasteiger partial charge in [0.2, 0.25) is 0 Å². The largest absolute Gasteiger partial charge is 0.466 e. The Labute approximate surface area is 245 Å². The van der Waals surface area contributed by atoms with E-state index in [0.717, 1.165) is 28.8 Å². The van der Waals surface area contributed by atoms with Gasteiger partial charge in [0, 0.05) is 18.4 Å². The van der Waals surface area contributed by atoms with Crippen LogP contribution in [0, 0.1) is 6.92 Å². The van der Waals surface area contributed by atoms with E-state index in [0.29, 0.717) is 53.3 Å². The molecule has 8 nitrogen and oxygen atoms in total. The molecule has 2 N–H and O–H groups in total. The summed E-state index contributed by atoms with van der Waals surface area (Å²) in [5.41, 5.74) is 4.57. The Morgan fingerprint density at radius 1 is 0.977 bits per heavy atom. The number of aromatic nitrogens is 4. The maximum atomic E-state index is 13.2. The van der Waals surface area contributed by atoms with Crippen molar-refractivity contribution in [2.75, 3.05) is 6.61 Å². The second-order valence-corrected chi connectivity index (χ2v) is 10.0. The Morgan fingerprint density at radius 3 is 2.33 bits per heavy atom. The Hall–Kier alpha value is -4.77. The molecule has 1 unspecified atom stereocenters. The number of carbonyl (C=O) groups is 1. The van der Waals surface area contributed by atoms with Crippen molar-refractivity contribution in [3.8, 4) is 22.5 Å². The lowest BCUT2D eigenvalue weighted by atomic mass is 9.96. The number of hydrogen-bond acceptors (Lipinski definition) is 7. The number of nitrogens with one attached hydrogen (secondary N) is 1. The lowest BCUT2D eigenvalue weighted by Crippen LogP contribution is -2.08. The molecule has 11 heteroatoms. The highest BCUT2D eigenvalue weighted by molar-refractivity contribution is 5.71. The molecule has 0 aliphatic carbocycles. The van der Waals surface area contributed by atoms with Gasteiger partial charge in [-0.25, -0.2) is 0 Å². The molecule has 0 aliphatic heterocycles. The van der Waals surface area contributed by atoms with Crippen LogP contribution in [0.1, 0.15) is 58.8 Å². The van der Waals surface area contributed by atoms with Crippen molar-refractivity contribution in [3.05, 3.63) is 112 Å². The molecule has 0 spiro atoms. The predicted molar refractivity (Wildman–Crippen MR) is 152 cm³/mol. The Balaban J connectivity index is 1.34. The number of aliphatic hydroxyl groups is 1.